The van der Waals surface area contributed by atoms with Crippen LogP contribution in [0.1, 0.15) is 24.8 Å². The van der Waals surface area contributed by atoms with Crippen molar-refractivity contribution < 1.29 is 47.5 Å². The molecule has 1 fully saturated rings. The molecule has 0 radical (unpaired) electrons. The van der Waals surface area contributed by atoms with E-state index in [4.69, 9.17) is 14.2 Å². The molecule has 1 saturated heterocycles. The molecule has 1 heterocycles. The highest BCUT2D eigenvalue weighted by atomic mass is 127. The standard InChI is InChI=1S/C18H28NO4.HI/c1-19(10-8-14(9-11-19)12-17(20)22-3)13-15-6-5-7-16(21-2)18(15)23-4;/h5-7,14H,8-13H2,1-4H3;1H/q+1;/p-1. The third kappa shape index (κ3) is 5.24. The Morgan fingerprint density at radius 2 is 1.83 bits per heavy atom. The average Bonchev–Trinajstić information content (AvgIpc) is 2.56. The predicted molar refractivity (Wildman–Crippen MR) is 88.5 cm³/mol. The lowest BCUT2D eigenvalue weighted by atomic mass is 9.92. The summed E-state index contributed by atoms with van der Waals surface area (Å²) < 4.78 is 16.7. The molecule has 1 aromatic rings. The highest BCUT2D eigenvalue weighted by Crippen LogP contribution is 2.34. The first kappa shape index (κ1) is 21.0. The number of likely N-dealkylation sites (tertiary alicyclic amines) is 1. The van der Waals surface area contributed by atoms with E-state index in [-0.39, 0.29) is 29.9 Å². The third-order valence-electron chi connectivity index (χ3n) is 4.87. The van der Waals surface area contributed by atoms with Crippen LogP contribution in [0.3, 0.4) is 0 Å². The van der Waals surface area contributed by atoms with Crippen LogP contribution in [-0.2, 0) is 16.1 Å². The Kier molecular flexibility index (Phi) is 8.29. The zero-order valence-corrected chi connectivity index (χ0v) is 17.2. The second-order valence-electron chi connectivity index (χ2n) is 6.60. The smallest absolute Gasteiger partial charge is 0.305 e. The number of piperidine rings is 1. The molecular weight excluding hydrogens is 421 g/mol. The van der Waals surface area contributed by atoms with Crippen LogP contribution in [0.5, 0.6) is 11.5 Å². The number of nitrogens with zero attached hydrogens (tertiary/aromatic N) is 1. The Labute approximate surface area is 161 Å². The van der Waals surface area contributed by atoms with Gasteiger partial charge in [-0.2, -0.15) is 0 Å². The van der Waals surface area contributed by atoms with Gasteiger partial charge >= 0.3 is 5.97 Å². The van der Waals surface area contributed by atoms with Crippen molar-refractivity contribution in [3.05, 3.63) is 23.8 Å². The van der Waals surface area contributed by atoms with Gasteiger partial charge in [-0.3, -0.25) is 4.79 Å². The van der Waals surface area contributed by atoms with Crippen molar-refractivity contribution in [2.24, 2.45) is 5.92 Å². The van der Waals surface area contributed by atoms with Crippen molar-refractivity contribution in [2.45, 2.75) is 25.8 Å². The summed E-state index contributed by atoms with van der Waals surface area (Å²) in [6, 6.07) is 6.03. The zero-order valence-electron chi connectivity index (χ0n) is 15.0. The lowest BCUT2D eigenvalue weighted by molar-refractivity contribution is -0.928. The number of quaternary nitrogens is 1. The Bertz CT molecular complexity index is 542. The van der Waals surface area contributed by atoms with Crippen LogP contribution in [0.4, 0.5) is 0 Å². The number of hydrogen-bond donors (Lipinski definition) is 0. The molecule has 1 aliphatic heterocycles. The summed E-state index contributed by atoms with van der Waals surface area (Å²) in [5.41, 5.74) is 1.17. The topological polar surface area (TPSA) is 44.8 Å². The fourth-order valence-corrected chi connectivity index (χ4v) is 3.42. The number of benzene rings is 1. The largest absolute Gasteiger partial charge is 1.00 e. The summed E-state index contributed by atoms with van der Waals surface area (Å²) in [6.45, 7) is 3.02. The lowest BCUT2D eigenvalue weighted by Gasteiger charge is -2.40. The Hall–Kier alpha value is -1.02. The molecule has 0 aliphatic carbocycles. The highest BCUT2D eigenvalue weighted by molar-refractivity contribution is 5.69. The fourth-order valence-electron chi connectivity index (χ4n) is 3.42. The van der Waals surface area contributed by atoms with Gasteiger partial charge < -0.3 is 42.7 Å². The summed E-state index contributed by atoms with van der Waals surface area (Å²) in [7, 11) is 7.08. The van der Waals surface area contributed by atoms with Gasteiger partial charge in [-0.1, -0.05) is 6.07 Å². The number of ether oxygens (including phenoxy) is 3. The third-order valence-corrected chi connectivity index (χ3v) is 4.87. The quantitative estimate of drug-likeness (QED) is 0.338. The molecule has 0 unspecified atom stereocenters. The van der Waals surface area contributed by atoms with Gasteiger partial charge in [-0.15, -0.1) is 0 Å². The van der Waals surface area contributed by atoms with E-state index in [9.17, 15) is 4.79 Å². The molecule has 0 N–H and O–H groups in total. The van der Waals surface area contributed by atoms with Crippen LogP contribution in [0.15, 0.2) is 18.2 Å². The fraction of sp³-hybridized carbons (Fsp3) is 0.611. The van der Waals surface area contributed by atoms with Gasteiger partial charge in [0.25, 0.3) is 0 Å². The molecule has 0 atom stereocenters. The Morgan fingerprint density at radius 3 is 2.38 bits per heavy atom. The van der Waals surface area contributed by atoms with E-state index in [1.165, 1.54) is 12.7 Å². The maximum Gasteiger partial charge on any atom is 0.305 e. The molecule has 0 amide bonds. The molecule has 1 aliphatic rings. The normalized spacial score (nSPS) is 23.1. The van der Waals surface area contributed by atoms with E-state index >= 15 is 0 Å². The number of halogens is 1. The zero-order chi connectivity index (χ0) is 16.9. The minimum atomic E-state index is -0.0967. The van der Waals surface area contributed by atoms with E-state index in [1.807, 2.05) is 12.1 Å². The van der Waals surface area contributed by atoms with E-state index in [0.717, 1.165) is 48.5 Å². The van der Waals surface area contributed by atoms with Gasteiger partial charge in [-0.25, -0.2) is 0 Å². The van der Waals surface area contributed by atoms with Crippen LogP contribution in [0, 0.1) is 5.92 Å². The monoisotopic (exact) mass is 449 g/mol. The van der Waals surface area contributed by atoms with Crippen LogP contribution in [-0.4, -0.2) is 51.9 Å². The first-order chi connectivity index (χ1) is 11.0. The first-order valence-corrected chi connectivity index (χ1v) is 8.11. The number of carbonyl (C=O) groups excluding carboxylic acids is 1. The molecule has 136 valence electrons. The maximum atomic E-state index is 11.4. The first-order valence-electron chi connectivity index (χ1n) is 8.11. The maximum absolute atomic E-state index is 11.4. The second-order valence-corrected chi connectivity index (χ2v) is 6.60. The number of carbonyl (C=O) groups is 1. The second kappa shape index (κ2) is 9.46. The van der Waals surface area contributed by atoms with Crippen molar-refractivity contribution in [3.8, 4) is 11.5 Å². The van der Waals surface area contributed by atoms with E-state index in [2.05, 4.69) is 13.1 Å². The number of rotatable bonds is 6. The van der Waals surface area contributed by atoms with Gasteiger partial charge in [0.2, 0.25) is 0 Å². The van der Waals surface area contributed by atoms with Crippen LogP contribution in [0.25, 0.3) is 0 Å². The van der Waals surface area contributed by atoms with Crippen molar-refractivity contribution in [1.29, 1.82) is 0 Å². The van der Waals surface area contributed by atoms with Crippen molar-refractivity contribution >= 4 is 5.97 Å². The molecule has 0 aromatic heterocycles. The SMILES string of the molecule is COC(=O)CC1CC[N+](C)(Cc2cccc(OC)c2OC)CC1.[I-]. The number of hydrogen-bond acceptors (Lipinski definition) is 4. The van der Waals surface area contributed by atoms with E-state index in [1.54, 1.807) is 14.2 Å². The Balaban J connectivity index is 0.00000288. The van der Waals surface area contributed by atoms with Crippen molar-refractivity contribution in [3.63, 3.8) is 0 Å². The molecule has 0 spiro atoms. The summed E-state index contributed by atoms with van der Waals surface area (Å²) in [6.07, 6.45) is 2.65. The van der Waals surface area contributed by atoms with Gasteiger partial charge in [0.1, 0.15) is 6.54 Å². The van der Waals surface area contributed by atoms with Gasteiger partial charge in [0, 0.05) is 19.3 Å². The molecule has 2 rings (SSSR count). The number of esters is 1. The lowest BCUT2D eigenvalue weighted by Crippen LogP contribution is -3.00. The van der Waals surface area contributed by atoms with E-state index < -0.39 is 0 Å². The molecular formula is C18H28INO4. The van der Waals surface area contributed by atoms with E-state index in [0.29, 0.717) is 12.3 Å². The molecule has 1 aromatic carbocycles. The number of para-hydroxylation sites is 1. The number of methoxy groups -OCH3 is 3. The minimum absolute atomic E-state index is 0. The average molecular weight is 449 g/mol. The molecule has 5 nitrogen and oxygen atoms in total. The summed E-state index contributed by atoms with van der Waals surface area (Å²) in [5, 5.41) is 0. The van der Waals surface area contributed by atoms with Gasteiger partial charge in [0.05, 0.1) is 47.0 Å². The van der Waals surface area contributed by atoms with Crippen molar-refractivity contribution in [1.82, 2.24) is 0 Å². The Morgan fingerprint density at radius 1 is 1.17 bits per heavy atom. The van der Waals surface area contributed by atoms with Crippen LogP contribution in [0.2, 0.25) is 0 Å². The molecule has 24 heavy (non-hydrogen) atoms. The summed E-state index contributed by atoms with van der Waals surface area (Å²) in [4.78, 5) is 11.4. The van der Waals surface area contributed by atoms with Gasteiger partial charge in [-0.05, 0) is 18.1 Å². The van der Waals surface area contributed by atoms with Crippen LogP contribution < -0.4 is 33.5 Å². The molecule has 6 heteroatoms. The summed E-state index contributed by atoms with van der Waals surface area (Å²) in [5.74, 6) is 1.95. The van der Waals surface area contributed by atoms with Crippen molar-refractivity contribution in [2.75, 3.05) is 41.5 Å². The molecule has 0 saturated carbocycles. The summed E-state index contributed by atoms with van der Waals surface area (Å²) >= 11 is 0. The highest BCUT2D eigenvalue weighted by Gasteiger charge is 2.32. The minimum Gasteiger partial charge on any atom is -1.00 e. The predicted octanol–water partition coefficient (Wildman–Crippen LogP) is -0.372. The molecule has 0 bridgehead atoms. The van der Waals surface area contributed by atoms with Gasteiger partial charge in [0.15, 0.2) is 11.5 Å². The van der Waals surface area contributed by atoms with Crippen LogP contribution >= 0.6 is 0 Å².